The Labute approximate surface area is 77.8 Å². The summed E-state index contributed by atoms with van der Waals surface area (Å²) in [5.41, 5.74) is -0.801. The van der Waals surface area contributed by atoms with Gasteiger partial charge in [-0.05, 0) is 12.8 Å². The van der Waals surface area contributed by atoms with Crippen molar-refractivity contribution in [2.24, 2.45) is 0 Å². The van der Waals surface area contributed by atoms with E-state index in [2.05, 4.69) is 11.3 Å². The number of carbonyl (C=O) groups excluding carboxylic acids is 1. The van der Waals surface area contributed by atoms with E-state index >= 15 is 0 Å². The quantitative estimate of drug-likeness (QED) is 0.614. The Bertz CT molecular complexity index is 207. The summed E-state index contributed by atoms with van der Waals surface area (Å²) in [5, 5.41) is 9.76. The molecule has 1 heterocycles. The Morgan fingerprint density at radius 3 is 2.54 bits per heavy atom. The molecule has 0 spiro atoms. The van der Waals surface area contributed by atoms with Crippen LogP contribution < -0.4 is 0 Å². The van der Waals surface area contributed by atoms with E-state index in [1.54, 1.807) is 11.0 Å². The molecule has 0 radical (unpaired) electrons. The fraction of sp³-hybridized carbons (Fsp3) is 0.667. The van der Waals surface area contributed by atoms with Crippen LogP contribution in [0.5, 0.6) is 0 Å². The first-order chi connectivity index (χ1) is 6.11. The van der Waals surface area contributed by atoms with Crippen molar-refractivity contribution in [3.05, 3.63) is 12.7 Å². The molecule has 0 atom stereocenters. The first-order valence-electron chi connectivity index (χ1n) is 4.30. The molecule has 74 valence electrons. The van der Waals surface area contributed by atoms with Crippen molar-refractivity contribution in [3.63, 3.8) is 0 Å². The van der Waals surface area contributed by atoms with Crippen molar-refractivity contribution in [1.82, 2.24) is 4.90 Å². The minimum Gasteiger partial charge on any atom is -0.453 e. The van der Waals surface area contributed by atoms with Crippen LogP contribution in [0.2, 0.25) is 0 Å². The van der Waals surface area contributed by atoms with Crippen molar-refractivity contribution in [3.8, 4) is 0 Å². The lowest BCUT2D eigenvalue weighted by molar-refractivity contribution is 0.0191. The smallest absolute Gasteiger partial charge is 0.409 e. The zero-order valence-electron chi connectivity index (χ0n) is 7.82. The monoisotopic (exact) mass is 185 g/mol. The molecule has 1 N–H and O–H groups in total. The number of piperidine rings is 1. The number of aliphatic hydroxyl groups is 1. The summed E-state index contributed by atoms with van der Waals surface area (Å²) >= 11 is 0. The number of likely N-dealkylation sites (tertiary alicyclic amines) is 1. The standard InChI is InChI=1S/C9H15NO3/c1-3-9(12)4-6-10(7-5-9)8(11)13-2/h3,12H,1,4-7H2,2H3. The van der Waals surface area contributed by atoms with E-state index in [-0.39, 0.29) is 6.09 Å². The normalized spacial score (nSPS) is 20.9. The highest BCUT2D eigenvalue weighted by Gasteiger charge is 2.31. The molecule has 1 fully saturated rings. The summed E-state index contributed by atoms with van der Waals surface area (Å²) in [7, 11) is 1.36. The molecule has 0 aromatic carbocycles. The fourth-order valence-electron chi connectivity index (χ4n) is 1.41. The van der Waals surface area contributed by atoms with Crippen LogP contribution in [0.4, 0.5) is 4.79 Å². The largest absolute Gasteiger partial charge is 0.453 e. The Morgan fingerprint density at radius 2 is 2.15 bits per heavy atom. The SMILES string of the molecule is C=CC1(O)CCN(C(=O)OC)CC1. The van der Waals surface area contributed by atoms with Gasteiger partial charge in [0.1, 0.15) is 0 Å². The molecular formula is C9H15NO3. The molecule has 1 saturated heterocycles. The molecule has 0 aromatic rings. The molecule has 0 saturated carbocycles. The van der Waals surface area contributed by atoms with Gasteiger partial charge < -0.3 is 14.7 Å². The van der Waals surface area contributed by atoms with Crippen LogP contribution in [-0.4, -0.2) is 41.9 Å². The van der Waals surface area contributed by atoms with E-state index in [1.165, 1.54) is 7.11 Å². The molecule has 4 heteroatoms. The minimum atomic E-state index is -0.801. The second kappa shape index (κ2) is 3.79. The van der Waals surface area contributed by atoms with Crippen molar-refractivity contribution in [2.45, 2.75) is 18.4 Å². The van der Waals surface area contributed by atoms with Gasteiger partial charge in [-0.2, -0.15) is 0 Å². The molecule has 1 aliphatic heterocycles. The molecule has 1 rings (SSSR count). The Morgan fingerprint density at radius 1 is 1.62 bits per heavy atom. The van der Waals surface area contributed by atoms with Crippen LogP contribution >= 0.6 is 0 Å². The number of carbonyl (C=O) groups is 1. The van der Waals surface area contributed by atoms with Gasteiger partial charge in [-0.3, -0.25) is 0 Å². The first kappa shape index (κ1) is 10.1. The van der Waals surface area contributed by atoms with E-state index in [0.717, 1.165) is 0 Å². The second-order valence-corrected chi connectivity index (χ2v) is 3.26. The van der Waals surface area contributed by atoms with Gasteiger partial charge in [0.2, 0.25) is 0 Å². The maximum Gasteiger partial charge on any atom is 0.409 e. The molecule has 0 aliphatic carbocycles. The van der Waals surface area contributed by atoms with Crippen LogP contribution in [0.3, 0.4) is 0 Å². The molecule has 4 nitrogen and oxygen atoms in total. The van der Waals surface area contributed by atoms with Gasteiger partial charge in [0.05, 0.1) is 12.7 Å². The second-order valence-electron chi connectivity index (χ2n) is 3.26. The maximum absolute atomic E-state index is 11.1. The average molecular weight is 185 g/mol. The minimum absolute atomic E-state index is 0.328. The zero-order chi connectivity index (χ0) is 9.90. The predicted molar refractivity (Wildman–Crippen MR) is 48.4 cm³/mol. The van der Waals surface area contributed by atoms with Crippen LogP contribution in [0.25, 0.3) is 0 Å². The van der Waals surface area contributed by atoms with Crippen molar-refractivity contribution >= 4 is 6.09 Å². The molecular weight excluding hydrogens is 170 g/mol. The summed E-state index contributed by atoms with van der Waals surface area (Å²) in [6, 6.07) is 0. The number of hydrogen-bond donors (Lipinski definition) is 1. The summed E-state index contributed by atoms with van der Waals surface area (Å²) in [6.45, 7) is 4.61. The van der Waals surface area contributed by atoms with Gasteiger partial charge in [0, 0.05) is 13.1 Å². The number of rotatable bonds is 1. The summed E-state index contributed by atoms with van der Waals surface area (Å²) < 4.78 is 4.57. The zero-order valence-corrected chi connectivity index (χ0v) is 7.82. The van der Waals surface area contributed by atoms with E-state index in [4.69, 9.17) is 0 Å². The third-order valence-electron chi connectivity index (χ3n) is 2.44. The van der Waals surface area contributed by atoms with Crippen molar-refractivity contribution in [2.75, 3.05) is 20.2 Å². The van der Waals surface area contributed by atoms with E-state index < -0.39 is 5.60 Å². The molecule has 13 heavy (non-hydrogen) atoms. The van der Waals surface area contributed by atoms with Crippen LogP contribution in [0.1, 0.15) is 12.8 Å². The maximum atomic E-state index is 11.1. The Hall–Kier alpha value is -1.03. The number of ether oxygens (including phenoxy) is 1. The first-order valence-corrected chi connectivity index (χ1v) is 4.30. The molecule has 1 aliphatic rings. The van der Waals surface area contributed by atoms with Crippen LogP contribution in [-0.2, 0) is 4.74 Å². The highest BCUT2D eigenvalue weighted by Crippen LogP contribution is 2.22. The summed E-state index contributed by atoms with van der Waals surface area (Å²) in [6.07, 6.45) is 2.28. The lowest BCUT2D eigenvalue weighted by atomic mass is 9.92. The topological polar surface area (TPSA) is 49.8 Å². The van der Waals surface area contributed by atoms with Crippen molar-refractivity contribution in [1.29, 1.82) is 0 Å². The van der Waals surface area contributed by atoms with Crippen LogP contribution in [0.15, 0.2) is 12.7 Å². The van der Waals surface area contributed by atoms with E-state index in [1.807, 2.05) is 0 Å². The molecule has 0 aromatic heterocycles. The number of amides is 1. The molecule has 0 unspecified atom stereocenters. The van der Waals surface area contributed by atoms with Crippen LogP contribution in [0, 0.1) is 0 Å². The van der Waals surface area contributed by atoms with Gasteiger partial charge in [0.15, 0.2) is 0 Å². The van der Waals surface area contributed by atoms with Gasteiger partial charge in [-0.15, -0.1) is 6.58 Å². The number of hydrogen-bond acceptors (Lipinski definition) is 3. The van der Waals surface area contributed by atoms with E-state index in [9.17, 15) is 9.90 Å². The molecule has 1 amide bonds. The van der Waals surface area contributed by atoms with E-state index in [0.29, 0.717) is 25.9 Å². The fourth-order valence-corrected chi connectivity index (χ4v) is 1.41. The number of nitrogens with zero attached hydrogens (tertiary/aromatic N) is 1. The average Bonchev–Trinajstić information content (AvgIpc) is 2.18. The Kier molecular flexibility index (Phi) is 2.93. The lowest BCUT2D eigenvalue weighted by Crippen LogP contribution is -2.45. The third kappa shape index (κ3) is 2.21. The van der Waals surface area contributed by atoms with Gasteiger partial charge >= 0.3 is 6.09 Å². The lowest BCUT2D eigenvalue weighted by Gasteiger charge is -2.35. The van der Waals surface area contributed by atoms with Gasteiger partial charge in [0.25, 0.3) is 0 Å². The van der Waals surface area contributed by atoms with Gasteiger partial charge in [-0.1, -0.05) is 6.08 Å². The highest BCUT2D eigenvalue weighted by atomic mass is 16.5. The molecule has 0 bridgehead atoms. The summed E-state index contributed by atoms with van der Waals surface area (Å²) in [5.74, 6) is 0. The summed E-state index contributed by atoms with van der Waals surface area (Å²) in [4.78, 5) is 12.6. The third-order valence-corrected chi connectivity index (χ3v) is 2.44. The highest BCUT2D eigenvalue weighted by molar-refractivity contribution is 5.67. The van der Waals surface area contributed by atoms with Gasteiger partial charge in [-0.25, -0.2) is 4.79 Å². The Balaban J connectivity index is 2.47. The number of methoxy groups -OCH3 is 1. The predicted octanol–water partition coefficient (Wildman–Crippen LogP) is 0.766. The van der Waals surface area contributed by atoms with Crippen molar-refractivity contribution < 1.29 is 14.6 Å².